The molecule has 51 valence electrons. The van der Waals surface area contributed by atoms with Crippen molar-refractivity contribution >= 4 is 11.8 Å². The summed E-state index contributed by atoms with van der Waals surface area (Å²) in [7, 11) is 0. The zero-order valence-corrected chi connectivity index (χ0v) is 6.28. The Morgan fingerprint density at radius 1 is 1.60 bits per heavy atom. The van der Waals surface area contributed by atoms with Gasteiger partial charge in [-0.25, -0.2) is 0 Å². The molecule has 1 aromatic rings. The summed E-state index contributed by atoms with van der Waals surface area (Å²) in [6.45, 7) is 0.835. The molecule has 1 aliphatic rings. The van der Waals surface area contributed by atoms with Crippen LogP contribution >= 0.6 is 11.8 Å². The average molecular weight is 151 g/mol. The van der Waals surface area contributed by atoms with Crippen LogP contribution in [0.5, 0.6) is 5.75 Å². The van der Waals surface area contributed by atoms with Crippen LogP contribution in [0.3, 0.4) is 0 Å². The molecule has 0 atom stereocenters. The summed E-state index contributed by atoms with van der Waals surface area (Å²) in [6, 6.07) is 8.83. The van der Waals surface area contributed by atoms with Gasteiger partial charge in [-0.15, -0.1) is 11.8 Å². The van der Waals surface area contributed by atoms with Gasteiger partial charge in [-0.1, -0.05) is 6.07 Å². The number of ether oxygens (including phenoxy) is 1. The van der Waals surface area contributed by atoms with Gasteiger partial charge in [-0.05, 0) is 18.2 Å². The van der Waals surface area contributed by atoms with E-state index in [-0.39, 0.29) is 0 Å². The lowest BCUT2D eigenvalue weighted by Crippen LogP contribution is -2.05. The monoisotopic (exact) mass is 151 g/mol. The summed E-state index contributed by atoms with van der Waals surface area (Å²) in [5, 5.41) is 0. The lowest BCUT2D eigenvalue weighted by atomic mass is 10.3. The van der Waals surface area contributed by atoms with E-state index in [1.165, 1.54) is 4.90 Å². The summed E-state index contributed by atoms with van der Waals surface area (Å²) in [4.78, 5) is 1.22. The van der Waals surface area contributed by atoms with Gasteiger partial charge in [0.1, 0.15) is 5.75 Å². The second-order valence-electron chi connectivity index (χ2n) is 2.07. The number of rotatable bonds is 0. The van der Waals surface area contributed by atoms with Gasteiger partial charge in [0.25, 0.3) is 0 Å². The fraction of sp³-hybridized carbons (Fsp3) is 0.250. The highest BCUT2D eigenvalue weighted by atomic mass is 32.2. The van der Waals surface area contributed by atoms with Crippen LogP contribution < -0.4 is 4.74 Å². The first kappa shape index (κ1) is 6.10. The van der Waals surface area contributed by atoms with Gasteiger partial charge >= 0.3 is 0 Å². The predicted octanol–water partition coefficient (Wildman–Crippen LogP) is 1.97. The third kappa shape index (κ3) is 0.991. The fourth-order valence-electron chi connectivity index (χ4n) is 0.936. The van der Waals surface area contributed by atoms with Crippen LogP contribution in [0, 0.1) is 6.07 Å². The van der Waals surface area contributed by atoms with E-state index in [0.717, 1.165) is 18.1 Å². The van der Waals surface area contributed by atoms with Crippen molar-refractivity contribution < 1.29 is 4.74 Å². The minimum absolute atomic E-state index is 0.835. The van der Waals surface area contributed by atoms with Gasteiger partial charge in [0.15, 0.2) is 0 Å². The number of hydrogen-bond donors (Lipinski definition) is 0. The first-order valence-corrected chi connectivity index (χ1v) is 4.21. The molecule has 0 saturated heterocycles. The van der Waals surface area contributed by atoms with Crippen molar-refractivity contribution in [1.82, 2.24) is 0 Å². The van der Waals surface area contributed by atoms with Crippen LogP contribution in [0.4, 0.5) is 0 Å². The third-order valence-electron chi connectivity index (χ3n) is 1.39. The maximum absolute atomic E-state index is 5.38. The van der Waals surface area contributed by atoms with E-state index < -0.39 is 0 Å². The maximum atomic E-state index is 5.38. The molecule has 0 aromatic heterocycles. The molecule has 0 amide bonds. The molecule has 2 heteroatoms. The van der Waals surface area contributed by atoms with Crippen molar-refractivity contribution in [3.05, 3.63) is 24.3 Å². The van der Waals surface area contributed by atoms with Crippen molar-refractivity contribution in [3.8, 4) is 5.75 Å². The highest BCUT2D eigenvalue weighted by Crippen LogP contribution is 2.31. The SMILES string of the molecule is [c]1ccc2c(c1)SCCO2. The smallest absolute Gasteiger partial charge is 0.132 e. The first-order chi connectivity index (χ1) is 4.97. The fourth-order valence-corrected chi connectivity index (χ4v) is 1.74. The molecule has 1 aliphatic heterocycles. The second kappa shape index (κ2) is 2.54. The van der Waals surface area contributed by atoms with E-state index in [0.29, 0.717) is 0 Å². The Balaban J connectivity index is 2.41. The molecule has 0 saturated carbocycles. The molecule has 1 radical (unpaired) electrons. The van der Waals surface area contributed by atoms with E-state index in [4.69, 9.17) is 4.74 Å². The summed E-state index contributed by atoms with van der Waals surface area (Å²) < 4.78 is 5.38. The first-order valence-electron chi connectivity index (χ1n) is 3.22. The van der Waals surface area contributed by atoms with Crippen LogP contribution in [0.25, 0.3) is 0 Å². The minimum Gasteiger partial charge on any atom is -0.492 e. The van der Waals surface area contributed by atoms with Gasteiger partial charge in [0, 0.05) is 5.75 Å². The average Bonchev–Trinajstić information content (AvgIpc) is 2.05. The van der Waals surface area contributed by atoms with Crippen LogP contribution in [0.15, 0.2) is 23.1 Å². The number of fused-ring (bicyclic) bond motifs is 1. The normalized spacial score (nSPS) is 15.6. The zero-order valence-electron chi connectivity index (χ0n) is 5.46. The summed E-state index contributed by atoms with van der Waals surface area (Å²) in [6.07, 6.45) is 0. The molecule has 1 aromatic carbocycles. The van der Waals surface area contributed by atoms with E-state index >= 15 is 0 Å². The van der Waals surface area contributed by atoms with Crippen LogP contribution in [0.2, 0.25) is 0 Å². The van der Waals surface area contributed by atoms with E-state index in [9.17, 15) is 0 Å². The molecule has 0 unspecified atom stereocenters. The maximum Gasteiger partial charge on any atom is 0.132 e. The quantitative estimate of drug-likeness (QED) is 0.560. The van der Waals surface area contributed by atoms with Gasteiger partial charge < -0.3 is 4.74 Å². The minimum atomic E-state index is 0.835. The van der Waals surface area contributed by atoms with E-state index in [1.54, 1.807) is 0 Å². The lowest BCUT2D eigenvalue weighted by Gasteiger charge is -2.15. The Bertz CT molecular complexity index is 209. The lowest BCUT2D eigenvalue weighted by molar-refractivity contribution is 0.330. The van der Waals surface area contributed by atoms with E-state index in [2.05, 4.69) is 6.07 Å². The van der Waals surface area contributed by atoms with Gasteiger partial charge in [-0.3, -0.25) is 0 Å². The van der Waals surface area contributed by atoms with Crippen LogP contribution in [-0.4, -0.2) is 12.4 Å². The largest absolute Gasteiger partial charge is 0.492 e. The second-order valence-corrected chi connectivity index (χ2v) is 3.21. The summed E-state index contributed by atoms with van der Waals surface area (Å²) in [5.41, 5.74) is 0. The molecule has 1 nitrogen and oxygen atoms in total. The molecular formula is C8H7OS. The predicted molar refractivity (Wildman–Crippen MR) is 41.5 cm³/mol. The molecule has 0 spiro atoms. The van der Waals surface area contributed by atoms with Crippen LogP contribution in [0.1, 0.15) is 0 Å². The summed E-state index contributed by atoms with van der Waals surface area (Å²) in [5.74, 6) is 2.07. The number of hydrogen-bond acceptors (Lipinski definition) is 2. The van der Waals surface area contributed by atoms with E-state index in [1.807, 2.05) is 30.0 Å². The Labute approximate surface area is 64.4 Å². The molecule has 2 rings (SSSR count). The number of benzene rings is 1. The number of thioether (sulfide) groups is 1. The zero-order chi connectivity index (χ0) is 6.81. The third-order valence-corrected chi connectivity index (χ3v) is 2.39. The highest BCUT2D eigenvalue weighted by molar-refractivity contribution is 7.99. The summed E-state index contributed by atoms with van der Waals surface area (Å²) >= 11 is 1.83. The molecule has 0 N–H and O–H groups in total. The van der Waals surface area contributed by atoms with Crippen molar-refractivity contribution in [2.24, 2.45) is 0 Å². The molecule has 0 fully saturated rings. The molecular weight excluding hydrogens is 144 g/mol. The van der Waals surface area contributed by atoms with Crippen molar-refractivity contribution in [3.63, 3.8) is 0 Å². The van der Waals surface area contributed by atoms with Crippen LogP contribution in [-0.2, 0) is 0 Å². The van der Waals surface area contributed by atoms with Gasteiger partial charge in [0.05, 0.1) is 11.5 Å². The Morgan fingerprint density at radius 3 is 3.50 bits per heavy atom. The topological polar surface area (TPSA) is 9.23 Å². The Hall–Kier alpha value is -0.630. The standard InChI is InChI=1S/C8H7OS/c1-2-4-8-7(3-1)9-5-6-10-8/h1,3-4H,5-6H2. The van der Waals surface area contributed by atoms with Gasteiger partial charge in [0.2, 0.25) is 0 Å². The molecule has 0 bridgehead atoms. The van der Waals surface area contributed by atoms with Crippen molar-refractivity contribution in [2.75, 3.05) is 12.4 Å². The highest BCUT2D eigenvalue weighted by Gasteiger charge is 2.07. The van der Waals surface area contributed by atoms with Gasteiger partial charge in [-0.2, -0.15) is 0 Å². The Morgan fingerprint density at radius 2 is 2.60 bits per heavy atom. The molecule has 1 heterocycles. The molecule has 0 aliphatic carbocycles. The van der Waals surface area contributed by atoms with Crippen molar-refractivity contribution in [1.29, 1.82) is 0 Å². The van der Waals surface area contributed by atoms with Crippen molar-refractivity contribution in [2.45, 2.75) is 4.90 Å². The Kier molecular flexibility index (Phi) is 1.55. The molecule has 10 heavy (non-hydrogen) atoms.